The molecular formula is C36H58. The van der Waals surface area contributed by atoms with Crippen LogP contribution in [0.2, 0.25) is 0 Å². The highest BCUT2D eigenvalue weighted by atomic mass is 14.1. The molecule has 0 bridgehead atoms. The number of unbranched alkanes of at least 4 members (excludes halogenated alkanes) is 18. The van der Waals surface area contributed by atoms with E-state index in [0.29, 0.717) is 0 Å². The summed E-state index contributed by atoms with van der Waals surface area (Å²) in [5, 5.41) is 0. The van der Waals surface area contributed by atoms with E-state index in [1.807, 2.05) is 0 Å². The largest absolute Gasteiger partial charge is 0.0654 e. The van der Waals surface area contributed by atoms with Crippen molar-refractivity contribution in [3.05, 3.63) is 59.7 Å². The topological polar surface area (TPSA) is 0 Å². The number of rotatable bonds is 23. The predicted octanol–water partition coefficient (Wildman–Crippen LogP) is 12.3. The van der Waals surface area contributed by atoms with Crippen LogP contribution >= 0.6 is 0 Å². The van der Waals surface area contributed by atoms with Crippen molar-refractivity contribution in [3.8, 4) is 11.1 Å². The Morgan fingerprint density at radius 3 is 0.833 bits per heavy atom. The Kier molecular flexibility index (Phi) is 18.3. The fraction of sp³-hybridized carbons (Fsp3) is 0.667. The predicted molar refractivity (Wildman–Crippen MR) is 163 cm³/mol. The Bertz CT molecular complexity index is 658. The van der Waals surface area contributed by atoms with E-state index in [1.54, 1.807) is 0 Å². The summed E-state index contributed by atoms with van der Waals surface area (Å²) in [5.41, 5.74) is 5.70. The van der Waals surface area contributed by atoms with Crippen LogP contribution in [0.1, 0.15) is 153 Å². The van der Waals surface area contributed by atoms with Crippen LogP contribution in [0.5, 0.6) is 0 Å². The van der Waals surface area contributed by atoms with Gasteiger partial charge < -0.3 is 0 Å². The Morgan fingerprint density at radius 2 is 0.556 bits per heavy atom. The molecule has 0 aromatic heterocycles. The molecule has 36 heavy (non-hydrogen) atoms. The molecule has 0 aliphatic rings. The molecule has 0 amide bonds. The minimum atomic E-state index is 1.23. The third-order valence-corrected chi connectivity index (χ3v) is 7.88. The third kappa shape index (κ3) is 14.9. The van der Waals surface area contributed by atoms with Gasteiger partial charge in [0.1, 0.15) is 0 Å². The van der Waals surface area contributed by atoms with Crippen molar-refractivity contribution in [2.45, 2.75) is 155 Å². The van der Waals surface area contributed by atoms with E-state index in [2.05, 4.69) is 62.4 Å². The van der Waals surface area contributed by atoms with E-state index < -0.39 is 0 Å². The maximum atomic E-state index is 2.35. The van der Waals surface area contributed by atoms with Crippen LogP contribution in [0.4, 0.5) is 0 Å². The van der Waals surface area contributed by atoms with Crippen molar-refractivity contribution < 1.29 is 0 Å². The van der Waals surface area contributed by atoms with E-state index in [-0.39, 0.29) is 0 Å². The van der Waals surface area contributed by atoms with Crippen molar-refractivity contribution in [3.63, 3.8) is 0 Å². The van der Waals surface area contributed by atoms with Crippen molar-refractivity contribution in [1.82, 2.24) is 0 Å². The van der Waals surface area contributed by atoms with E-state index >= 15 is 0 Å². The first-order chi connectivity index (χ1) is 17.8. The van der Waals surface area contributed by atoms with Crippen LogP contribution in [-0.4, -0.2) is 0 Å². The normalized spacial score (nSPS) is 11.3. The molecule has 2 aromatic rings. The smallest absolute Gasteiger partial charge is 0.0184 e. The van der Waals surface area contributed by atoms with Gasteiger partial charge in [0.05, 0.1) is 0 Å². The van der Waals surface area contributed by atoms with Crippen LogP contribution in [0, 0.1) is 0 Å². The summed E-state index contributed by atoms with van der Waals surface area (Å²) in [6.45, 7) is 4.59. The molecule has 0 spiro atoms. The Balaban J connectivity index is 1.53. The van der Waals surface area contributed by atoms with E-state index in [4.69, 9.17) is 0 Å². The first-order valence-electron chi connectivity index (χ1n) is 16.0. The van der Waals surface area contributed by atoms with Gasteiger partial charge in [0.2, 0.25) is 0 Å². The van der Waals surface area contributed by atoms with Crippen molar-refractivity contribution >= 4 is 0 Å². The lowest BCUT2D eigenvalue weighted by Gasteiger charge is -2.07. The van der Waals surface area contributed by atoms with Gasteiger partial charge in [0.15, 0.2) is 0 Å². The molecule has 202 valence electrons. The monoisotopic (exact) mass is 490 g/mol. The molecule has 0 heterocycles. The zero-order valence-corrected chi connectivity index (χ0v) is 24.2. The summed E-state index contributed by atoms with van der Waals surface area (Å²) in [6, 6.07) is 18.7. The lowest BCUT2D eigenvalue weighted by Crippen LogP contribution is -1.89. The lowest BCUT2D eigenvalue weighted by atomic mass is 9.98. The third-order valence-electron chi connectivity index (χ3n) is 7.88. The quantitative estimate of drug-likeness (QED) is 0.136. The van der Waals surface area contributed by atoms with Gasteiger partial charge in [-0.15, -0.1) is 0 Å². The van der Waals surface area contributed by atoms with Gasteiger partial charge in [-0.2, -0.15) is 0 Å². The molecule has 2 aromatic carbocycles. The van der Waals surface area contributed by atoms with Gasteiger partial charge >= 0.3 is 0 Å². The maximum Gasteiger partial charge on any atom is -0.0184 e. The van der Waals surface area contributed by atoms with E-state index in [0.717, 1.165) is 0 Å². The van der Waals surface area contributed by atoms with Crippen molar-refractivity contribution in [1.29, 1.82) is 0 Å². The molecule has 0 fully saturated rings. The minimum absolute atomic E-state index is 1.23. The Morgan fingerprint density at radius 1 is 0.306 bits per heavy atom. The summed E-state index contributed by atoms with van der Waals surface area (Å²) in [6.07, 6.45) is 30.7. The van der Waals surface area contributed by atoms with Gasteiger partial charge in [-0.3, -0.25) is 0 Å². The number of benzene rings is 2. The van der Waals surface area contributed by atoms with Crippen LogP contribution in [0.3, 0.4) is 0 Å². The molecule has 0 nitrogen and oxygen atoms in total. The van der Waals surface area contributed by atoms with Gasteiger partial charge in [0.25, 0.3) is 0 Å². The summed E-state index contributed by atoms with van der Waals surface area (Å²) in [5.74, 6) is 0. The molecule has 0 aliphatic heterocycles. The molecular weight excluding hydrogens is 432 g/mol. The number of aryl methyl sites for hydroxylation is 2. The molecule has 0 unspecified atom stereocenters. The molecule has 0 radical (unpaired) electrons. The SMILES string of the molecule is CCCCCCCCCCCCc1ccc(-c2ccc(CCCCCCCCCCCC)cc2)cc1. The Labute approximate surface area is 225 Å². The maximum absolute atomic E-state index is 2.35. The molecule has 0 aliphatic carbocycles. The second-order valence-corrected chi connectivity index (χ2v) is 11.3. The van der Waals surface area contributed by atoms with E-state index in [9.17, 15) is 0 Å². The Hall–Kier alpha value is -1.56. The molecule has 0 N–H and O–H groups in total. The molecule has 0 atom stereocenters. The first kappa shape index (κ1) is 30.7. The van der Waals surface area contributed by atoms with Gasteiger partial charge in [0, 0.05) is 0 Å². The first-order valence-corrected chi connectivity index (χ1v) is 16.0. The molecule has 2 rings (SSSR count). The highest BCUT2D eigenvalue weighted by Crippen LogP contribution is 2.22. The standard InChI is InChI=1S/C36H58/c1-3-5-7-9-11-13-15-17-19-21-23-33-25-29-35(30-26-33)36-31-27-34(28-32-36)24-22-20-18-16-14-12-10-8-6-4-2/h25-32H,3-24H2,1-2H3. The van der Waals surface area contributed by atoms with Gasteiger partial charge in [-0.05, 0) is 47.9 Å². The fourth-order valence-electron chi connectivity index (χ4n) is 5.36. The van der Waals surface area contributed by atoms with Gasteiger partial charge in [-0.1, -0.05) is 178 Å². The second kappa shape index (κ2) is 21.5. The summed E-state index contributed by atoms with van der Waals surface area (Å²) in [7, 11) is 0. The fourth-order valence-corrected chi connectivity index (χ4v) is 5.36. The number of hydrogen-bond acceptors (Lipinski definition) is 0. The zero-order valence-electron chi connectivity index (χ0n) is 24.2. The minimum Gasteiger partial charge on any atom is -0.0654 e. The molecule has 0 saturated heterocycles. The highest BCUT2D eigenvalue weighted by molar-refractivity contribution is 5.63. The average Bonchev–Trinajstić information content (AvgIpc) is 2.91. The lowest BCUT2D eigenvalue weighted by molar-refractivity contribution is 0.556. The number of hydrogen-bond donors (Lipinski definition) is 0. The molecule has 0 heteroatoms. The van der Waals surface area contributed by atoms with Crippen LogP contribution in [0.15, 0.2) is 48.5 Å². The van der Waals surface area contributed by atoms with Crippen LogP contribution in [0.25, 0.3) is 11.1 Å². The van der Waals surface area contributed by atoms with Gasteiger partial charge in [-0.25, -0.2) is 0 Å². The second-order valence-electron chi connectivity index (χ2n) is 11.3. The van der Waals surface area contributed by atoms with Crippen molar-refractivity contribution in [2.24, 2.45) is 0 Å². The summed E-state index contributed by atoms with van der Waals surface area (Å²) >= 11 is 0. The van der Waals surface area contributed by atoms with Crippen molar-refractivity contribution in [2.75, 3.05) is 0 Å². The molecule has 0 saturated carbocycles. The average molecular weight is 491 g/mol. The van der Waals surface area contributed by atoms with Crippen LogP contribution < -0.4 is 0 Å². The summed E-state index contributed by atoms with van der Waals surface area (Å²) in [4.78, 5) is 0. The highest BCUT2D eigenvalue weighted by Gasteiger charge is 2.01. The van der Waals surface area contributed by atoms with E-state index in [1.165, 1.54) is 164 Å². The van der Waals surface area contributed by atoms with Crippen LogP contribution in [-0.2, 0) is 12.8 Å². The summed E-state index contributed by atoms with van der Waals surface area (Å²) < 4.78 is 0. The zero-order chi connectivity index (χ0) is 25.5.